The zero-order valence-corrected chi connectivity index (χ0v) is 20.8. The fourth-order valence-corrected chi connectivity index (χ4v) is 4.07. The Morgan fingerprint density at radius 3 is 2.32 bits per heavy atom. The summed E-state index contributed by atoms with van der Waals surface area (Å²) >= 11 is 0. The van der Waals surface area contributed by atoms with Crippen LogP contribution in [0.5, 0.6) is 0 Å². The second-order valence-electron chi connectivity index (χ2n) is 8.43. The maximum Gasteiger partial charge on any atom is 0.223 e. The largest absolute Gasteiger partial charge is 0.391 e. The van der Waals surface area contributed by atoms with Gasteiger partial charge in [-0.1, -0.05) is 40.7 Å². The molecule has 0 bridgehead atoms. The van der Waals surface area contributed by atoms with Crippen LogP contribution in [0.25, 0.3) is 0 Å². The third kappa shape index (κ3) is 13.3. The lowest BCUT2D eigenvalue weighted by Crippen LogP contribution is -2.32. The topological polar surface area (TPSA) is 122 Å². The summed E-state index contributed by atoms with van der Waals surface area (Å²) in [6, 6.07) is 6.27. The van der Waals surface area contributed by atoms with Gasteiger partial charge < -0.3 is 20.1 Å². The molecule has 31 heavy (non-hydrogen) atoms. The minimum Gasteiger partial charge on any atom is -0.391 e. The number of nitrogens with one attached hydrogen (secondary N) is 1. The van der Waals surface area contributed by atoms with Crippen LogP contribution in [0.1, 0.15) is 44.7 Å². The highest BCUT2D eigenvalue weighted by molar-refractivity contribution is 7.64. The molecule has 0 aromatic heterocycles. The van der Waals surface area contributed by atoms with Gasteiger partial charge in [0.1, 0.15) is 6.79 Å². The molecule has 8 heteroatoms. The van der Waals surface area contributed by atoms with Crippen LogP contribution in [-0.2, 0) is 16.1 Å². The van der Waals surface area contributed by atoms with Gasteiger partial charge in [-0.05, 0) is 55.2 Å². The van der Waals surface area contributed by atoms with E-state index in [9.17, 15) is 9.90 Å². The molecule has 7 nitrogen and oxygen atoms in total. The molecule has 0 aliphatic carbocycles. The standard InChI is InChI=1S/C12H16NP.C10H19NO2.CH2O.H4N2/c1-5-10-6-7-11(9-13-2)12(8-10)14(3)4;1-10(2,3)6-9(13)11-5-4-8(12)7-11;2*1-2/h1,6-8,13H,9H2,2-4H3;8,12H,4-7H2,1-3H3;1H2;1-2H2. The van der Waals surface area contributed by atoms with Crippen molar-refractivity contribution < 1.29 is 14.7 Å². The molecule has 1 amide bonds. The Kier molecular flexibility index (Phi) is 17.0. The average Bonchev–Trinajstić information content (AvgIpc) is 3.17. The molecule has 1 unspecified atom stereocenters. The number of carbonyl (C=O) groups excluding carboxylic acids is 2. The van der Waals surface area contributed by atoms with E-state index in [2.05, 4.69) is 69.2 Å². The van der Waals surface area contributed by atoms with Gasteiger partial charge in [0.15, 0.2) is 0 Å². The normalized spacial score (nSPS) is 14.9. The van der Waals surface area contributed by atoms with Crippen LogP contribution in [0.2, 0.25) is 0 Å². The van der Waals surface area contributed by atoms with Gasteiger partial charge in [-0.25, -0.2) is 0 Å². The van der Waals surface area contributed by atoms with E-state index in [1.165, 1.54) is 10.9 Å². The molecule has 1 atom stereocenters. The molecule has 176 valence electrons. The van der Waals surface area contributed by atoms with Crippen molar-refractivity contribution in [3.63, 3.8) is 0 Å². The van der Waals surface area contributed by atoms with Crippen LogP contribution < -0.4 is 22.3 Å². The molecule has 1 aliphatic rings. The summed E-state index contributed by atoms with van der Waals surface area (Å²) in [5.41, 5.74) is 2.39. The highest BCUT2D eigenvalue weighted by Crippen LogP contribution is 2.26. The van der Waals surface area contributed by atoms with Crippen molar-refractivity contribution in [3.05, 3.63) is 29.3 Å². The number of amides is 1. The van der Waals surface area contributed by atoms with Crippen molar-refractivity contribution in [2.45, 2.75) is 46.3 Å². The molecular formula is C23H41N4O3P. The Bertz CT molecular complexity index is 684. The minimum absolute atomic E-state index is 0.0463. The molecule has 2 rings (SSSR count). The first-order chi connectivity index (χ1) is 14.6. The fraction of sp³-hybridized carbons (Fsp3) is 0.565. The number of aliphatic hydroxyl groups excluding tert-OH is 1. The van der Waals surface area contributed by atoms with E-state index >= 15 is 0 Å². The van der Waals surface area contributed by atoms with Gasteiger partial charge in [0.25, 0.3) is 0 Å². The minimum atomic E-state index is -0.302. The van der Waals surface area contributed by atoms with E-state index in [-0.39, 0.29) is 25.3 Å². The number of aliphatic hydroxyl groups is 1. The molecule has 1 heterocycles. The second-order valence-corrected chi connectivity index (χ2v) is 10.7. The Morgan fingerprint density at radius 2 is 1.94 bits per heavy atom. The monoisotopic (exact) mass is 452 g/mol. The number of β-amino-alcohol motifs (C(OH)–C–C–N with tert-alkyl or cyclic N) is 1. The van der Waals surface area contributed by atoms with E-state index in [0.29, 0.717) is 13.0 Å². The second kappa shape index (κ2) is 16.8. The summed E-state index contributed by atoms with van der Waals surface area (Å²) in [6.07, 6.45) is 6.38. The number of nitrogens with zero attached hydrogens (tertiary/aromatic N) is 1. The van der Waals surface area contributed by atoms with E-state index in [1.807, 2.05) is 19.9 Å². The highest BCUT2D eigenvalue weighted by atomic mass is 31.1. The van der Waals surface area contributed by atoms with Crippen LogP contribution in [0.15, 0.2) is 18.2 Å². The third-order valence-electron chi connectivity index (χ3n) is 4.30. The van der Waals surface area contributed by atoms with Gasteiger partial charge in [0, 0.05) is 31.6 Å². The van der Waals surface area contributed by atoms with Gasteiger partial charge in [-0.3, -0.25) is 16.5 Å². The zero-order chi connectivity index (χ0) is 24.6. The van der Waals surface area contributed by atoms with Gasteiger partial charge in [-0.15, -0.1) is 6.42 Å². The fourth-order valence-electron chi connectivity index (χ4n) is 2.94. The number of carbonyl (C=O) groups is 2. The summed E-state index contributed by atoms with van der Waals surface area (Å²) in [6.45, 7) is 14.8. The zero-order valence-electron chi connectivity index (χ0n) is 19.9. The molecule has 0 radical (unpaired) electrons. The Morgan fingerprint density at radius 1 is 1.35 bits per heavy atom. The van der Waals surface area contributed by atoms with Crippen molar-refractivity contribution >= 4 is 25.9 Å². The van der Waals surface area contributed by atoms with Crippen molar-refractivity contribution in [1.29, 1.82) is 0 Å². The molecular weight excluding hydrogens is 411 g/mol. The SMILES string of the molecule is C#Cc1ccc(CNC)c(P(C)C)c1.C=O.CC(C)(C)CC(=O)N1CCC(O)C1.NN. The maximum atomic E-state index is 11.6. The smallest absolute Gasteiger partial charge is 0.223 e. The Labute approximate surface area is 189 Å². The van der Waals surface area contributed by atoms with E-state index in [1.54, 1.807) is 4.90 Å². The Hall–Kier alpha value is -1.81. The average molecular weight is 453 g/mol. The van der Waals surface area contributed by atoms with E-state index < -0.39 is 0 Å². The molecule has 6 N–H and O–H groups in total. The summed E-state index contributed by atoms with van der Waals surface area (Å²) in [4.78, 5) is 21.4. The molecule has 0 saturated carbocycles. The number of hydrogen-bond acceptors (Lipinski definition) is 6. The molecule has 1 fully saturated rings. The molecule has 1 saturated heterocycles. The highest BCUT2D eigenvalue weighted by Gasteiger charge is 2.27. The first-order valence-electron chi connectivity index (χ1n) is 10.1. The van der Waals surface area contributed by atoms with Crippen LogP contribution >= 0.6 is 7.92 Å². The van der Waals surface area contributed by atoms with Crippen LogP contribution in [0.3, 0.4) is 0 Å². The predicted octanol–water partition coefficient (Wildman–Crippen LogP) is 1.40. The first-order valence-corrected chi connectivity index (χ1v) is 12.3. The van der Waals surface area contributed by atoms with Gasteiger partial charge in [0.05, 0.1) is 6.10 Å². The number of likely N-dealkylation sites (tertiary alicyclic amines) is 1. The maximum absolute atomic E-state index is 11.6. The summed E-state index contributed by atoms with van der Waals surface area (Å²) < 4.78 is 0. The number of benzene rings is 1. The van der Waals surface area contributed by atoms with Gasteiger partial charge in [0.2, 0.25) is 5.91 Å². The van der Waals surface area contributed by atoms with Crippen molar-refractivity contribution in [1.82, 2.24) is 10.2 Å². The third-order valence-corrected chi connectivity index (χ3v) is 5.68. The quantitative estimate of drug-likeness (QED) is 0.237. The van der Waals surface area contributed by atoms with Crippen molar-refractivity contribution in [2.24, 2.45) is 17.1 Å². The number of nitrogens with two attached hydrogens (primary N) is 2. The van der Waals surface area contributed by atoms with Gasteiger partial charge >= 0.3 is 0 Å². The number of terminal acetylenes is 1. The van der Waals surface area contributed by atoms with E-state index in [0.717, 1.165) is 25.1 Å². The molecule has 1 aromatic carbocycles. The predicted molar refractivity (Wildman–Crippen MR) is 132 cm³/mol. The first kappa shape index (κ1) is 31.4. The van der Waals surface area contributed by atoms with Crippen molar-refractivity contribution in [2.75, 3.05) is 33.5 Å². The molecule has 1 aliphatic heterocycles. The number of rotatable bonds is 4. The van der Waals surface area contributed by atoms with Crippen LogP contribution in [0, 0.1) is 17.8 Å². The molecule has 1 aromatic rings. The Balaban J connectivity index is 0. The lowest BCUT2D eigenvalue weighted by Gasteiger charge is -2.22. The summed E-state index contributed by atoms with van der Waals surface area (Å²) in [5.74, 6) is 10.9. The van der Waals surface area contributed by atoms with Gasteiger partial charge in [-0.2, -0.15) is 0 Å². The number of hydrogen-bond donors (Lipinski definition) is 4. The van der Waals surface area contributed by atoms with Crippen molar-refractivity contribution in [3.8, 4) is 12.3 Å². The van der Waals surface area contributed by atoms with Crippen LogP contribution in [-0.4, -0.2) is 62.3 Å². The van der Waals surface area contributed by atoms with Crippen LogP contribution in [0.4, 0.5) is 0 Å². The summed E-state index contributed by atoms with van der Waals surface area (Å²) in [7, 11) is 1.88. The summed E-state index contributed by atoms with van der Waals surface area (Å²) in [5, 5.41) is 13.8. The lowest BCUT2D eigenvalue weighted by molar-refractivity contribution is -0.132. The number of hydrazine groups is 1. The van der Waals surface area contributed by atoms with E-state index in [4.69, 9.17) is 11.2 Å². The lowest BCUT2D eigenvalue weighted by atomic mass is 9.92. The molecule has 0 spiro atoms.